The predicted octanol–water partition coefficient (Wildman–Crippen LogP) is 3.66. The Kier molecular flexibility index (Phi) is 6.80. The Bertz CT molecular complexity index is 1140. The number of thiazole rings is 1. The van der Waals surface area contributed by atoms with Gasteiger partial charge in [0.1, 0.15) is 12.4 Å². The molecule has 2 amide bonds. The molecule has 3 heterocycles. The molecule has 0 atom stereocenters. The van der Waals surface area contributed by atoms with Crippen molar-refractivity contribution < 1.29 is 14.3 Å². The van der Waals surface area contributed by atoms with Crippen LogP contribution in [-0.2, 0) is 6.61 Å². The van der Waals surface area contributed by atoms with Crippen molar-refractivity contribution in [2.24, 2.45) is 0 Å². The molecule has 0 radical (unpaired) electrons. The molecule has 3 aromatic rings. The van der Waals surface area contributed by atoms with Crippen molar-refractivity contribution in [2.45, 2.75) is 12.6 Å². The summed E-state index contributed by atoms with van der Waals surface area (Å²) in [7, 11) is 0. The second-order valence-electron chi connectivity index (χ2n) is 8.47. The molecule has 7 nitrogen and oxygen atoms in total. The Hall–Kier alpha value is -2.94. The number of ether oxygens (including phenoxy) is 1. The number of carbonyl (C=O) groups excluding carboxylic acids is 2. The molecular weight excluding hydrogens is 472 g/mol. The molecule has 5 rings (SSSR count). The van der Waals surface area contributed by atoms with Crippen LogP contribution in [0.25, 0.3) is 0 Å². The zero-order valence-corrected chi connectivity index (χ0v) is 20.2. The third kappa shape index (κ3) is 5.09. The number of amides is 2. The fraction of sp³-hybridized carbons (Fsp3) is 0.320. The maximum atomic E-state index is 12.8. The number of rotatable bonds is 6. The van der Waals surface area contributed by atoms with E-state index < -0.39 is 0 Å². The van der Waals surface area contributed by atoms with Crippen molar-refractivity contribution in [1.29, 1.82) is 0 Å². The van der Waals surface area contributed by atoms with Gasteiger partial charge in [-0.25, -0.2) is 4.98 Å². The number of halogens is 1. The fourth-order valence-electron chi connectivity index (χ4n) is 4.28. The molecule has 1 aromatic heterocycles. The van der Waals surface area contributed by atoms with E-state index >= 15 is 0 Å². The van der Waals surface area contributed by atoms with Gasteiger partial charge in [-0.3, -0.25) is 14.5 Å². The van der Waals surface area contributed by atoms with Gasteiger partial charge in [0.25, 0.3) is 11.8 Å². The van der Waals surface area contributed by atoms with Crippen molar-refractivity contribution in [3.63, 3.8) is 0 Å². The van der Waals surface area contributed by atoms with Crippen LogP contribution in [0.3, 0.4) is 0 Å². The van der Waals surface area contributed by atoms with Crippen molar-refractivity contribution >= 4 is 34.8 Å². The lowest BCUT2D eigenvalue weighted by atomic mass is 10.0. The molecule has 9 heteroatoms. The monoisotopic (exact) mass is 496 g/mol. The standard InChI is InChI=1S/C25H25ClN4O3S/c26-20-3-1-2-18(14-20)17-33-22-6-4-19(5-7-22)24(31)30-15-21(16-30)28-9-11-29(12-10-28)25(32)23-27-8-13-34-23/h1-8,13-14,21H,9-12,15-17H2. The first-order chi connectivity index (χ1) is 16.6. The minimum absolute atomic E-state index is 0.0139. The number of aromatic nitrogens is 1. The van der Waals surface area contributed by atoms with E-state index in [1.54, 1.807) is 6.20 Å². The van der Waals surface area contributed by atoms with Crippen LogP contribution in [0.2, 0.25) is 5.02 Å². The van der Waals surface area contributed by atoms with Crippen LogP contribution in [0, 0.1) is 0 Å². The van der Waals surface area contributed by atoms with Gasteiger partial charge in [0.05, 0.1) is 0 Å². The van der Waals surface area contributed by atoms with E-state index in [-0.39, 0.29) is 11.8 Å². The van der Waals surface area contributed by atoms with Crippen molar-refractivity contribution in [3.05, 3.63) is 81.3 Å². The first-order valence-electron chi connectivity index (χ1n) is 11.3. The lowest BCUT2D eigenvalue weighted by Gasteiger charge is -2.48. The lowest BCUT2D eigenvalue weighted by Crippen LogP contribution is -2.64. The Morgan fingerprint density at radius 1 is 1.00 bits per heavy atom. The Morgan fingerprint density at radius 3 is 2.44 bits per heavy atom. The predicted molar refractivity (Wildman–Crippen MR) is 132 cm³/mol. The molecule has 176 valence electrons. The maximum absolute atomic E-state index is 12.8. The Labute approximate surface area is 207 Å². The third-order valence-electron chi connectivity index (χ3n) is 6.28. The van der Waals surface area contributed by atoms with Crippen LogP contribution in [0.1, 0.15) is 25.7 Å². The first kappa shape index (κ1) is 22.8. The van der Waals surface area contributed by atoms with Crippen LogP contribution in [0.5, 0.6) is 5.75 Å². The average Bonchev–Trinajstić information content (AvgIpc) is 3.37. The number of benzene rings is 2. The molecule has 2 aliphatic heterocycles. The number of hydrogen-bond acceptors (Lipinski definition) is 6. The van der Waals surface area contributed by atoms with Gasteiger partial charge in [0.2, 0.25) is 0 Å². The topological polar surface area (TPSA) is 66.0 Å². The Balaban J connectivity index is 1.07. The minimum Gasteiger partial charge on any atom is -0.489 e. The summed E-state index contributed by atoms with van der Waals surface area (Å²) in [5.41, 5.74) is 1.65. The highest BCUT2D eigenvalue weighted by Crippen LogP contribution is 2.22. The fourth-order valence-corrected chi connectivity index (χ4v) is 5.09. The largest absolute Gasteiger partial charge is 0.489 e. The molecule has 34 heavy (non-hydrogen) atoms. The zero-order chi connectivity index (χ0) is 23.5. The van der Waals surface area contributed by atoms with E-state index in [0.717, 1.165) is 18.7 Å². The van der Waals surface area contributed by atoms with Crippen LogP contribution >= 0.6 is 22.9 Å². The molecule has 2 aromatic carbocycles. The number of carbonyl (C=O) groups is 2. The molecule has 0 bridgehead atoms. The summed E-state index contributed by atoms with van der Waals surface area (Å²) in [6.45, 7) is 4.88. The smallest absolute Gasteiger partial charge is 0.282 e. The van der Waals surface area contributed by atoms with Gasteiger partial charge in [-0.05, 0) is 42.0 Å². The number of hydrogen-bond donors (Lipinski definition) is 0. The number of likely N-dealkylation sites (tertiary alicyclic amines) is 1. The molecule has 0 saturated carbocycles. The molecule has 0 spiro atoms. The van der Waals surface area contributed by atoms with Gasteiger partial charge in [0.15, 0.2) is 5.01 Å². The van der Waals surface area contributed by atoms with Crippen molar-refractivity contribution in [3.8, 4) is 5.75 Å². The molecule has 0 aliphatic carbocycles. The second kappa shape index (κ2) is 10.1. The Morgan fingerprint density at radius 2 is 1.76 bits per heavy atom. The van der Waals surface area contributed by atoms with E-state index in [9.17, 15) is 9.59 Å². The van der Waals surface area contributed by atoms with Gasteiger partial charge in [0, 0.05) is 67.5 Å². The highest BCUT2D eigenvalue weighted by molar-refractivity contribution is 7.11. The quantitative estimate of drug-likeness (QED) is 0.521. The van der Waals surface area contributed by atoms with Crippen LogP contribution in [-0.4, -0.2) is 76.8 Å². The van der Waals surface area contributed by atoms with E-state index in [2.05, 4.69) is 9.88 Å². The summed E-state index contributed by atoms with van der Waals surface area (Å²) in [6.07, 6.45) is 1.66. The molecule has 0 N–H and O–H groups in total. The van der Waals surface area contributed by atoms with E-state index in [1.807, 2.05) is 63.7 Å². The van der Waals surface area contributed by atoms with E-state index in [4.69, 9.17) is 16.3 Å². The SMILES string of the molecule is O=C(c1ccc(OCc2cccc(Cl)c2)cc1)N1CC(N2CCN(C(=O)c3nccs3)CC2)C1. The van der Waals surface area contributed by atoms with Crippen LogP contribution < -0.4 is 4.74 Å². The van der Waals surface area contributed by atoms with Crippen molar-refractivity contribution in [1.82, 2.24) is 19.7 Å². The van der Waals surface area contributed by atoms with Gasteiger partial charge in [-0.15, -0.1) is 11.3 Å². The van der Waals surface area contributed by atoms with Crippen LogP contribution in [0.15, 0.2) is 60.1 Å². The summed E-state index contributed by atoms with van der Waals surface area (Å²) in [4.78, 5) is 35.5. The van der Waals surface area contributed by atoms with E-state index in [1.165, 1.54) is 11.3 Å². The molecule has 2 saturated heterocycles. The number of piperazine rings is 1. The highest BCUT2D eigenvalue weighted by Gasteiger charge is 2.37. The maximum Gasteiger partial charge on any atom is 0.282 e. The molecule has 2 fully saturated rings. The number of nitrogens with zero attached hydrogens (tertiary/aromatic N) is 4. The molecular formula is C25H25ClN4O3S. The summed E-state index contributed by atoms with van der Waals surface area (Å²) < 4.78 is 5.81. The minimum atomic E-state index is 0.0139. The van der Waals surface area contributed by atoms with E-state index in [0.29, 0.717) is 60.2 Å². The van der Waals surface area contributed by atoms with Crippen LogP contribution in [0.4, 0.5) is 0 Å². The summed E-state index contributed by atoms with van der Waals surface area (Å²) >= 11 is 7.39. The zero-order valence-electron chi connectivity index (χ0n) is 18.6. The summed E-state index contributed by atoms with van der Waals surface area (Å²) in [5, 5.41) is 3.06. The molecule has 0 unspecified atom stereocenters. The first-order valence-corrected chi connectivity index (χ1v) is 12.5. The van der Waals surface area contributed by atoms with Crippen molar-refractivity contribution in [2.75, 3.05) is 39.3 Å². The second-order valence-corrected chi connectivity index (χ2v) is 9.80. The van der Waals surface area contributed by atoms with Gasteiger partial charge in [-0.1, -0.05) is 23.7 Å². The normalized spacial score (nSPS) is 16.9. The summed E-state index contributed by atoms with van der Waals surface area (Å²) in [5.74, 6) is 0.762. The van der Waals surface area contributed by atoms with Gasteiger partial charge in [-0.2, -0.15) is 0 Å². The lowest BCUT2D eigenvalue weighted by molar-refractivity contribution is 0.00853. The third-order valence-corrected chi connectivity index (χ3v) is 7.27. The molecule has 2 aliphatic rings. The summed E-state index contributed by atoms with van der Waals surface area (Å²) in [6, 6.07) is 15.2. The highest BCUT2D eigenvalue weighted by atomic mass is 35.5. The van der Waals surface area contributed by atoms with Gasteiger partial charge >= 0.3 is 0 Å². The average molecular weight is 497 g/mol. The van der Waals surface area contributed by atoms with Gasteiger partial charge < -0.3 is 14.5 Å².